The maximum atomic E-state index is 13.0. The Balaban J connectivity index is 1.83. The van der Waals surface area contributed by atoms with Gasteiger partial charge in [0.15, 0.2) is 0 Å². The first-order valence-electron chi connectivity index (χ1n) is 9.90. The number of amides is 1. The molecule has 0 spiro atoms. The fraction of sp³-hybridized carbons (Fsp3) is 0.250. The number of Topliss-reactive ketones (excluding diaryl/α,β-unsaturated/α-hetero) is 1. The van der Waals surface area contributed by atoms with Crippen molar-refractivity contribution in [2.24, 2.45) is 0 Å². The maximum Gasteiger partial charge on any atom is 0.295 e. The zero-order valence-electron chi connectivity index (χ0n) is 16.9. The van der Waals surface area contributed by atoms with Gasteiger partial charge in [-0.05, 0) is 36.8 Å². The van der Waals surface area contributed by atoms with Gasteiger partial charge >= 0.3 is 0 Å². The summed E-state index contributed by atoms with van der Waals surface area (Å²) >= 11 is 0. The smallest absolute Gasteiger partial charge is 0.295 e. The molecule has 4 rings (SSSR count). The first-order chi connectivity index (χ1) is 14.5. The Hall–Kier alpha value is -3.38. The van der Waals surface area contributed by atoms with E-state index in [2.05, 4.69) is 0 Å². The van der Waals surface area contributed by atoms with Crippen molar-refractivity contribution in [3.8, 4) is 0 Å². The number of carbonyl (C=O) groups excluding carboxylic acids is 2. The molecule has 1 fully saturated rings. The summed E-state index contributed by atoms with van der Waals surface area (Å²) in [6.07, 6.45) is 1.48. The zero-order chi connectivity index (χ0) is 21.3. The lowest BCUT2D eigenvalue weighted by Crippen LogP contribution is -2.33. The van der Waals surface area contributed by atoms with Crippen LogP contribution >= 0.6 is 0 Å². The molecule has 1 unspecified atom stereocenters. The molecular formula is C24H23NO5. The lowest BCUT2D eigenvalue weighted by molar-refractivity contribution is -0.140. The molecule has 0 radical (unpaired) electrons. The van der Waals surface area contributed by atoms with E-state index in [-0.39, 0.29) is 30.6 Å². The molecule has 6 heteroatoms. The van der Waals surface area contributed by atoms with Crippen LogP contribution in [0, 0.1) is 0 Å². The largest absolute Gasteiger partial charge is 0.507 e. The predicted octanol–water partition coefficient (Wildman–Crippen LogP) is 4.28. The highest BCUT2D eigenvalue weighted by atomic mass is 16.5. The lowest BCUT2D eigenvalue weighted by atomic mass is 9.96. The van der Waals surface area contributed by atoms with Crippen LogP contribution in [0.5, 0.6) is 0 Å². The standard InChI is InChI=1S/C24H23NO5/c1-15(2)29-14-12-25-21(19-11-6-13-30-19)20(23(27)24(25)28)22(26)18-10-5-8-16-7-3-4-9-17(16)18/h3-11,13,15,21,26H,12,14H2,1-2H3/b22-20-. The molecule has 0 saturated carbocycles. The summed E-state index contributed by atoms with van der Waals surface area (Å²) in [6, 6.07) is 15.6. The average molecular weight is 405 g/mol. The van der Waals surface area contributed by atoms with E-state index >= 15 is 0 Å². The number of fused-ring (bicyclic) bond motifs is 1. The second-order valence-electron chi connectivity index (χ2n) is 7.45. The molecule has 154 valence electrons. The molecular weight excluding hydrogens is 382 g/mol. The van der Waals surface area contributed by atoms with Gasteiger partial charge in [-0.15, -0.1) is 0 Å². The third-order valence-corrected chi connectivity index (χ3v) is 5.18. The quantitative estimate of drug-likeness (QED) is 0.376. The molecule has 0 aliphatic carbocycles. The molecule has 1 aliphatic heterocycles. The number of hydrogen-bond acceptors (Lipinski definition) is 5. The lowest BCUT2D eigenvalue weighted by Gasteiger charge is -2.23. The second-order valence-corrected chi connectivity index (χ2v) is 7.45. The van der Waals surface area contributed by atoms with E-state index in [1.807, 2.05) is 50.2 Å². The molecule has 2 aromatic carbocycles. The molecule has 30 heavy (non-hydrogen) atoms. The summed E-state index contributed by atoms with van der Waals surface area (Å²) in [5.41, 5.74) is 0.525. The molecule has 3 aromatic rings. The summed E-state index contributed by atoms with van der Waals surface area (Å²) in [7, 11) is 0. The van der Waals surface area contributed by atoms with Crippen LogP contribution in [0.15, 0.2) is 70.9 Å². The molecule has 6 nitrogen and oxygen atoms in total. The number of likely N-dealkylation sites (tertiary alicyclic amines) is 1. The maximum absolute atomic E-state index is 13.0. The number of carbonyl (C=O) groups is 2. The Kier molecular flexibility index (Phi) is 5.42. The summed E-state index contributed by atoms with van der Waals surface area (Å²) < 4.78 is 11.1. The third kappa shape index (κ3) is 3.50. The minimum atomic E-state index is -0.810. The number of nitrogens with zero attached hydrogens (tertiary/aromatic N) is 1. The molecule has 2 heterocycles. The van der Waals surface area contributed by atoms with Crippen LogP contribution in [0.1, 0.15) is 31.2 Å². The molecule has 1 N–H and O–H groups in total. The van der Waals surface area contributed by atoms with E-state index in [0.717, 1.165) is 10.8 Å². The second kappa shape index (κ2) is 8.16. The van der Waals surface area contributed by atoms with Gasteiger partial charge in [0.2, 0.25) is 0 Å². The Morgan fingerprint density at radius 3 is 2.60 bits per heavy atom. The number of hydrogen-bond donors (Lipinski definition) is 1. The van der Waals surface area contributed by atoms with Crippen molar-refractivity contribution in [2.75, 3.05) is 13.2 Å². The summed E-state index contributed by atoms with van der Waals surface area (Å²) in [4.78, 5) is 27.2. The summed E-state index contributed by atoms with van der Waals surface area (Å²) in [5, 5.41) is 12.9. The van der Waals surface area contributed by atoms with Gasteiger partial charge in [0, 0.05) is 12.1 Å². The third-order valence-electron chi connectivity index (χ3n) is 5.18. The average Bonchev–Trinajstić information content (AvgIpc) is 3.35. The fourth-order valence-electron chi connectivity index (χ4n) is 3.82. The van der Waals surface area contributed by atoms with E-state index < -0.39 is 17.7 Å². The molecule has 1 atom stereocenters. The highest BCUT2D eigenvalue weighted by molar-refractivity contribution is 6.46. The van der Waals surface area contributed by atoms with Crippen LogP contribution in [0.2, 0.25) is 0 Å². The van der Waals surface area contributed by atoms with E-state index in [0.29, 0.717) is 11.3 Å². The van der Waals surface area contributed by atoms with E-state index in [4.69, 9.17) is 9.15 Å². The number of rotatable bonds is 6. The van der Waals surface area contributed by atoms with Crippen LogP contribution in [0.4, 0.5) is 0 Å². The Morgan fingerprint density at radius 1 is 1.10 bits per heavy atom. The summed E-state index contributed by atoms with van der Waals surface area (Å²) in [5.74, 6) is -1.20. The van der Waals surface area contributed by atoms with E-state index in [1.54, 1.807) is 18.2 Å². The van der Waals surface area contributed by atoms with Gasteiger partial charge in [0.25, 0.3) is 11.7 Å². The fourth-order valence-corrected chi connectivity index (χ4v) is 3.82. The molecule has 0 bridgehead atoms. The molecule has 1 saturated heterocycles. The van der Waals surface area contributed by atoms with Crippen LogP contribution in [-0.2, 0) is 14.3 Å². The zero-order valence-corrected chi connectivity index (χ0v) is 16.9. The molecule has 1 amide bonds. The minimum Gasteiger partial charge on any atom is -0.507 e. The summed E-state index contributed by atoms with van der Waals surface area (Å²) in [6.45, 7) is 4.29. The van der Waals surface area contributed by atoms with Gasteiger partial charge in [-0.25, -0.2) is 0 Å². The number of furan rings is 1. The van der Waals surface area contributed by atoms with E-state index in [9.17, 15) is 14.7 Å². The number of aliphatic hydroxyl groups is 1. The van der Waals surface area contributed by atoms with Crippen LogP contribution in [-0.4, -0.2) is 41.0 Å². The van der Waals surface area contributed by atoms with Gasteiger partial charge in [-0.1, -0.05) is 42.5 Å². The van der Waals surface area contributed by atoms with Gasteiger partial charge in [-0.2, -0.15) is 0 Å². The van der Waals surface area contributed by atoms with Crippen LogP contribution in [0.25, 0.3) is 16.5 Å². The van der Waals surface area contributed by atoms with Crippen molar-refractivity contribution < 1.29 is 23.8 Å². The SMILES string of the molecule is CC(C)OCCN1C(=O)C(=O)/C(=C(\O)c2cccc3ccccc23)C1c1ccco1. The first kappa shape index (κ1) is 19.9. The minimum absolute atomic E-state index is 0.000400. The predicted molar refractivity (Wildman–Crippen MR) is 113 cm³/mol. The van der Waals surface area contributed by atoms with Crippen molar-refractivity contribution in [1.29, 1.82) is 0 Å². The Labute approximate surface area is 174 Å². The first-order valence-corrected chi connectivity index (χ1v) is 9.90. The highest BCUT2D eigenvalue weighted by Gasteiger charge is 2.47. The van der Waals surface area contributed by atoms with Crippen molar-refractivity contribution in [1.82, 2.24) is 4.90 Å². The van der Waals surface area contributed by atoms with Gasteiger partial charge in [0.05, 0.1) is 24.5 Å². The number of ketones is 1. The molecule has 1 aromatic heterocycles. The van der Waals surface area contributed by atoms with Crippen molar-refractivity contribution in [3.63, 3.8) is 0 Å². The van der Waals surface area contributed by atoms with Crippen molar-refractivity contribution in [2.45, 2.75) is 26.0 Å². The Morgan fingerprint density at radius 2 is 1.87 bits per heavy atom. The Bertz CT molecular complexity index is 1110. The van der Waals surface area contributed by atoms with Crippen LogP contribution < -0.4 is 0 Å². The van der Waals surface area contributed by atoms with Gasteiger partial charge < -0.3 is 19.2 Å². The number of aliphatic hydroxyl groups excluding tert-OH is 1. The van der Waals surface area contributed by atoms with Crippen LogP contribution in [0.3, 0.4) is 0 Å². The highest BCUT2D eigenvalue weighted by Crippen LogP contribution is 2.40. The van der Waals surface area contributed by atoms with Crippen molar-refractivity contribution >= 4 is 28.2 Å². The monoisotopic (exact) mass is 405 g/mol. The van der Waals surface area contributed by atoms with Crippen molar-refractivity contribution in [3.05, 3.63) is 77.8 Å². The number of benzene rings is 2. The number of ether oxygens (including phenoxy) is 1. The van der Waals surface area contributed by atoms with Gasteiger partial charge in [0.1, 0.15) is 17.6 Å². The molecule has 1 aliphatic rings. The van der Waals surface area contributed by atoms with Gasteiger partial charge in [-0.3, -0.25) is 9.59 Å². The topological polar surface area (TPSA) is 80.0 Å². The van der Waals surface area contributed by atoms with E-state index in [1.165, 1.54) is 11.2 Å². The normalized spacial score (nSPS) is 18.6.